The number of nitrogens with zero attached hydrogens (tertiary/aromatic N) is 1. The van der Waals surface area contributed by atoms with Gasteiger partial charge in [-0.05, 0) is 53.7 Å². The third-order valence-corrected chi connectivity index (χ3v) is 5.06. The fourth-order valence-electron chi connectivity index (χ4n) is 3.84. The maximum Gasteiger partial charge on any atom is 0.0443 e. The molecule has 3 rings (SSSR count). The Balaban J connectivity index is 1.54. The van der Waals surface area contributed by atoms with Gasteiger partial charge in [-0.15, -0.1) is 6.58 Å². The average molecular weight is 317 g/mol. The summed E-state index contributed by atoms with van der Waals surface area (Å²) in [7, 11) is 0. The summed E-state index contributed by atoms with van der Waals surface area (Å²) in [5, 5.41) is 0. The van der Waals surface area contributed by atoms with Crippen molar-refractivity contribution < 1.29 is 0 Å². The van der Waals surface area contributed by atoms with E-state index in [0.29, 0.717) is 5.41 Å². The van der Waals surface area contributed by atoms with Crippen LogP contribution < -0.4 is 0 Å². The first-order chi connectivity index (χ1) is 11.7. The van der Waals surface area contributed by atoms with Crippen molar-refractivity contribution in [3.05, 3.63) is 78.4 Å². The highest BCUT2D eigenvalue weighted by Crippen LogP contribution is 2.47. The van der Waals surface area contributed by atoms with E-state index in [2.05, 4.69) is 68.1 Å². The van der Waals surface area contributed by atoms with Gasteiger partial charge in [0.25, 0.3) is 0 Å². The largest absolute Gasteiger partial charge is 0.292 e. The second-order valence-corrected chi connectivity index (χ2v) is 7.40. The molecule has 1 heteroatoms. The van der Waals surface area contributed by atoms with Crippen LogP contribution in [-0.2, 0) is 0 Å². The lowest BCUT2D eigenvalue weighted by molar-refractivity contribution is 0.0877. The number of hydrogen-bond donors (Lipinski definition) is 0. The predicted octanol–water partition coefficient (Wildman–Crippen LogP) is 6.02. The molecule has 2 aliphatic rings. The molecule has 0 amide bonds. The monoisotopic (exact) mass is 317 g/mol. The molecule has 1 saturated carbocycles. The Morgan fingerprint density at radius 3 is 2.79 bits per heavy atom. The molecule has 0 heterocycles. The van der Waals surface area contributed by atoms with Gasteiger partial charge in [0, 0.05) is 12.8 Å². The number of allylic oxidation sites excluding steroid dienone is 7. The van der Waals surface area contributed by atoms with E-state index in [9.17, 15) is 0 Å². The van der Waals surface area contributed by atoms with E-state index in [4.69, 9.17) is 4.99 Å². The van der Waals surface area contributed by atoms with Crippen LogP contribution in [0.3, 0.4) is 0 Å². The molecular weight excluding hydrogens is 290 g/mol. The first-order valence-corrected chi connectivity index (χ1v) is 8.92. The van der Waals surface area contributed by atoms with Crippen molar-refractivity contribution in [2.45, 2.75) is 32.6 Å². The summed E-state index contributed by atoms with van der Waals surface area (Å²) in [6, 6.07) is 10.6. The Labute approximate surface area is 146 Å². The van der Waals surface area contributed by atoms with Crippen LogP contribution >= 0.6 is 0 Å². The Morgan fingerprint density at radius 2 is 2.04 bits per heavy atom. The second kappa shape index (κ2) is 7.61. The minimum Gasteiger partial charge on any atom is -0.292 e. The van der Waals surface area contributed by atoms with Crippen molar-refractivity contribution >= 4 is 11.8 Å². The van der Waals surface area contributed by atoms with Crippen LogP contribution in [0.15, 0.2) is 77.9 Å². The lowest BCUT2D eigenvalue weighted by atomic mass is 9.62. The van der Waals surface area contributed by atoms with Gasteiger partial charge in [0.15, 0.2) is 0 Å². The van der Waals surface area contributed by atoms with E-state index >= 15 is 0 Å². The predicted molar refractivity (Wildman–Crippen MR) is 105 cm³/mol. The van der Waals surface area contributed by atoms with Gasteiger partial charge in [0.05, 0.1) is 0 Å². The molecule has 0 spiro atoms. The third-order valence-electron chi connectivity index (χ3n) is 5.06. The van der Waals surface area contributed by atoms with Gasteiger partial charge in [-0.3, -0.25) is 4.99 Å². The summed E-state index contributed by atoms with van der Waals surface area (Å²) >= 11 is 0. The van der Waals surface area contributed by atoms with Gasteiger partial charge in [0.1, 0.15) is 0 Å². The Morgan fingerprint density at radius 1 is 1.25 bits per heavy atom. The standard InChI is InChI=1S/C23H27N/c1-3-8-20-15-23(2,16-20)18-24-17-19-9-7-12-22(14-13-19)21-10-5-4-6-11-21/h3-7,9-13,17,20H,1,8,14-16,18H2,2H3. The topological polar surface area (TPSA) is 12.4 Å². The van der Waals surface area contributed by atoms with Crippen molar-refractivity contribution in [2.24, 2.45) is 16.3 Å². The summed E-state index contributed by atoms with van der Waals surface area (Å²) in [6.45, 7) is 7.13. The minimum absolute atomic E-state index is 0.395. The third kappa shape index (κ3) is 4.23. The lowest BCUT2D eigenvalue weighted by Crippen LogP contribution is -2.36. The SMILES string of the molecule is C=CCC1CC(C)(CN=CC2=CCC(c3ccccc3)=CC=C2)C1. The zero-order chi connectivity index (χ0) is 16.8. The Bertz CT molecular complexity index is 682. The van der Waals surface area contributed by atoms with Crippen molar-refractivity contribution in [1.29, 1.82) is 0 Å². The maximum absolute atomic E-state index is 4.73. The molecule has 1 aromatic carbocycles. The molecule has 0 atom stereocenters. The van der Waals surface area contributed by atoms with E-state index in [1.165, 1.54) is 29.6 Å². The van der Waals surface area contributed by atoms with Crippen molar-refractivity contribution in [3.63, 3.8) is 0 Å². The van der Waals surface area contributed by atoms with E-state index in [-0.39, 0.29) is 0 Å². The number of benzene rings is 1. The highest BCUT2D eigenvalue weighted by molar-refractivity contribution is 5.84. The lowest BCUT2D eigenvalue weighted by Gasteiger charge is -2.44. The number of hydrogen-bond acceptors (Lipinski definition) is 1. The second-order valence-electron chi connectivity index (χ2n) is 7.40. The molecular formula is C23H27N. The van der Waals surface area contributed by atoms with Gasteiger partial charge >= 0.3 is 0 Å². The first-order valence-electron chi connectivity index (χ1n) is 8.92. The van der Waals surface area contributed by atoms with Crippen LogP contribution in [0.1, 0.15) is 38.2 Å². The molecule has 0 saturated heterocycles. The minimum atomic E-state index is 0.395. The number of aliphatic imine (C=N–C) groups is 1. The molecule has 2 aliphatic carbocycles. The fraction of sp³-hybridized carbons (Fsp3) is 0.348. The van der Waals surface area contributed by atoms with Crippen LogP contribution in [0, 0.1) is 11.3 Å². The Kier molecular flexibility index (Phi) is 5.30. The molecule has 0 aromatic heterocycles. The quantitative estimate of drug-likeness (QED) is 0.449. The average Bonchev–Trinajstić information content (AvgIpc) is 2.80. The van der Waals surface area contributed by atoms with Gasteiger partial charge in [-0.2, -0.15) is 0 Å². The summed E-state index contributed by atoms with van der Waals surface area (Å²) in [5.74, 6) is 0.831. The molecule has 24 heavy (non-hydrogen) atoms. The van der Waals surface area contributed by atoms with Gasteiger partial charge in [-0.1, -0.05) is 67.6 Å². The molecule has 124 valence electrons. The van der Waals surface area contributed by atoms with Crippen molar-refractivity contribution in [3.8, 4) is 0 Å². The fourth-order valence-corrected chi connectivity index (χ4v) is 3.84. The van der Waals surface area contributed by atoms with E-state index in [0.717, 1.165) is 25.3 Å². The van der Waals surface area contributed by atoms with E-state index in [1.54, 1.807) is 0 Å². The summed E-state index contributed by atoms with van der Waals surface area (Å²) in [6.07, 6.45) is 17.5. The summed E-state index contributed by atoms with van der Waals surface area (Å²) in [5.41, 5.74) is 4.26. The molecule has 0 bridgehead atoms. The highest BCUT2D eigenvalue weighted by Gasteiger charge is 2.38. The molecule has 0 unspecified atom stereocenters. The number of rotatable bonds is 6. The maximum atomic E-state index is 4.73. The van der Waals surface area contributed by atoms with Crippen LogP contribution in [0.25, 0.3) is 5.57 Å². The first kappa shape index (κ1) is 16.7. The zero-order valence-electron chi connectivity index (χ0n) is 14.6. The van der Waals surface area contributed by atoms with E-state index in [1.807, 2.05) is 12.3 Å². The summed E-state index contributed by atoms with van der Waals surface area (Å²) in [4.78, 5) is 4.73. The molecule has 0 radical (unpaired) electrons. The normalized spacial score (nSPS) is 26.5. The van der Waals surface area contributed by atoms with Gasteiger partial charge in [0.2, 0.25) is 0 Å². The molecule has 1 fully saturated rings. The zero-order valence-corrected chi connectivity index (χ0v) is 14.6. The highest BCUT2D eigenvalue weighted by atomic mass is 14.7. The Hall–Kier alpha value is -2.15. The van der Waals surface area contributed by atoms with Crippen LogP contribution in [0.4, 0.5) is 0 Å². The van der Waals surface area contributed by atoms with Crippen molar-refractivity contribution in [1.82, 2.24) is 0 Å². The van der Waals surface area contributed by atoms with Gasteiger partial charge < -0.3 is 0 Å². The van der Waals surface area contributed by atoms with Crippen LogP contribution in [-0.4, -0.2) is 12.8 Å². The molecule has 1 nitrogen and oxygen atoms in total. The van der Waals surface area contributed by atoms with Crippen LogP contribution in [0.5, 0.6) is 0 Å². The molecule has 1 aromatic rings. The molecule has 0 aliphatic heterocycles. The van der Waals surface area contributed by atoms with Gasteiger partial charge in [-0.25, -0.2) is 0 Å². The summed E-state index contributed by atoms with van der Waals surface area (Å²) < 4.78 is 0. The van der Waals surface area contributed by atoms with E-state index < -0.39 is 0 Å². The molecule has 0 N–H and O–H groups in total. The van der Waals surface area contributed by atoms with Crippen LogP contribution in [0.2, 0.25) is 0 Å². The van der Waals surface area contributed by atoms with Crippen molar-refractivity contribution in [2.75, 3.05) is 6.54 Å². The smallest absolute Gasteiger partial charge is 0.0443 e.